The van der Waals surface area contributed by atoms with Crippen molar-refractivity contribution in [2.75, 3.05) is 12.3 Å². The minimum Gasteiger partial charge on any atom is -0.399 e. The molecule has 0 bridgehead atoms. The van der Waals surface area contributed by atoms with Crippen molar-refractivity contribution in [1.82, 2.24) is 5.32 Å². The highest BCUT2D eigenvalue weighted by atomic mass is 16.3. The van der Waals surface area contributed by atoms with Gasteiger partial charge in [-0.2, -0.15) is 0 Å². The predicted molar refractivity (Wildman–Crippen MR) is 73.0 cm³/mol. The van der Waals surface area contributed by atoms with Crippen LogP contribution in [0, 0.1) is 5.92 Å². The molecule has 0 saturated heterocycles. The summed E-state index contributed by atoms with van der Waals surface area (Å²) in [6, 6.07) is 7.37. The van der Waals surface area contributed by atoms with Crippen LogP contribution in [-0.4, -0.2) is 23.7 Å². The van der Waals surface area contributed by atoms with Crippen LogP contribution in [0.2, 0.25) is 0 Å². The quantitative estimate of drug-likeness (QED) is 0.667. The van der Waals surface area contributed by atoms with Crippen LogP contribution in [0.5, 0.6) is 0 Å². The molecule has 0 aliphatic heterocycles. The molecule has 0 aliphatic carbocycles. The normalized spacial score (nSPS) is 12.4. The molecule has 1 aromatic rings. The van der Waals surface area contributed by atoms with Gasteiger partial charge in [0.1, 0.15) is 0 Å². The van der Waals surface area contributed by atoms with Gasteiger partial charge in [-0.05, 0) is 24.0 Å². The Morgan fingerprint density at radius 3 is 2.61 bits per heavy atom. The smallest absolute Gasteiger partial charge is 0.220 e. The number of amides is 1. The maximum atomic E-state index is 11.7. The molecular weight excluding hydrogens is 228 g/mol. The number of aliphatic hydroxyl groups is 1. The van der Waals surface area contributed by atoms with E-state index in [-0.39, 0.29) is 24.5 Å². The summed E-state index contributed by atoms with van der Waals surface area (Å²) in [5, 5.41) is 12.0. The van der Waals surface area contributed by atoms with E-state index >= 15 is 0 Å². The second-order valence-electron chi connectivity index (χ2n) is 4.80. The van der Waals surface area contributed by atoms with E-state index in [1.165, 1.54) is 0 Å². The van der Waals surface area contributed by atoms with E-state index in [0.717, 1.165) is 5.56 Å². The zero-order chi connectivity index (χ0) is 13.5. The third kappa shape index (κ3) is 4.37. The fourth-order valence-corrected chi connectivity index (χ4v) is 1.71. The first-order valence-corrected chi connectivity index (χ1v) is 6.28. The van der Waals surface area contributed by atoms with Crippen LogP contribution in [-0.2, 0) is 11.2 Å². The lowest BCUT2D eigenvalue weighted by Crippen LogP contribution is -2.41. The van der Waals surface area contributed by atoms with Gasteiger partial charge >= 0.3 is 0 Å². The van der Waals surface area contributed by atoms with Crippen LogP contribution in [0.4, 0.5) is 5.69 Å². The maximum Gasteiger partial charge on any atom is 0.220 e. The lowest BCUT2D eigenvalue weighted by molar-refractivity contribution is -0.122. The van der Waals surface area contributed by atoms with E-state index in [1.807, 2.05) is 38.1 Å². The van der Waals surface area contributed by atoms with Gasteiger partial charge < -0.3 is 16.2 Å². The van der Waals surface area contributed by atoms with Crippen molar-refractivity contribution < 1.29 is 9.90 Å². The molecule has 0 aromatic heterocycles. The second-order valence-corrected chi connectivity index (χ2v) is 4.80. The first-order chi connectivity index (χ1) is 8.54. The van der Waals surface area contributed by atoms with Crippen LogP contribution in [0.15, 0.2) is 24.3 Å². The second kappa shape index (κ2) is 7.01. The van der Waals surface area contributed by atoms with Crippen LogP contribution in [0.1, 0.15) is 25.8 Å². The number of benzene rings is 1. The predicted octanol–water partition coefficient (Wildman–Crippen LogP) is 1.33. The highest BCUT2D eigenvalue weighted by Gasteiger charge is 2.14. The van der Waals surface area contributed by atoms with E-state index < -0.39 is 0 Å². The summed E-state index contributed by atoms with van der Waals surface area (Å²) in [5.74, 6) is 0.173. The number of aryl methyl sites for hydroxylation is 1. The number of nitrogen functional groups attached to an aromatic ring is 1. The summed E-state index contributed by atoms with van der Waals surface area (Å²) in [6.45, 7) is 3.91. The third-order valence-corrected chi connectivity index (χ3v) is 3.02. The molecule has 1 rings (SSSR count). The van der Waals surface area contributed by atoms with Gasteiger partial charge in [0.2, 0.25) is 5.91 Å². The molecule has 0 aliphatic rings. The standard InChI is InChI=1S/C14H22N2O2/c1-10(2)13(9-17)16-14(18)8-7-11-5-3-4-6-12(11)15/h3-6,10,13,17H,7-9,15H2,1-2H3,(H,16,18)/t13-/m1/s1. The molecule has 4 nitrogen and oxygen atoms in total. The molecule has 100 valence electrons. The van der Waals surface area contributed by atoms with Crippen molar-refractivity contribution in [1.29, 1.82) is 0 Å². The summed E-state index contributed by atoms with van der Waals surface area (Å²) in [4.78, 5) is 11.7. The lowest BCUT2D eigenvalue weighted by Gasteiger charge is -2.19. The van der Waals surface area contributed by atoms with E-state index in [2.05, 4.69) is 5.32 Å². The highest BCUT2D eigenvalue weighted by molar-refractivity contribution is 5.76. The number of carbonyl (C=O) groups excluding carboxylic acids is 1. The van der Waals surface area contributed by atoms with Gasteiger partial charge in [-0.15, -0.1) is 0 Å². The lowest BCUT2D eigenvalue weighted by atomic mass is 10.0. The number of nitrogens with one attached hydrogen (secondary N) is 1. The van der Waals surface area contributed by atoms with Crippen LogP contribution in [0.25, 0.3) is 0 Å². The highest BCUT2D eigenvalue weighted by Crippen LogP contribution is 2.12. The molecule has 18 heavy (non-hydrogen) atoms. The van der Waals surface area contributed by atoms with Gasteiger partial charge in [0, 0.05) is 12.1 Å². The van der Waals surface area contributed by atoms with Gasteiger partial charge in [-0.3, -0.25) is 4.79 Å². The topological polar surface area (TPSA) is 75.3 Å². The Kier molecular flexibility index (Phi) is 5.65. The Bertz CT molecular complexity index is 391. The van der Waals surface area contributed by atoms with E-state index in [0.29, 0.717) is 18.5 Å². The van der Waals surface area contributed by atoms with Crippen molar-refractivity contribution in [3.8, 4) is 0 Å². The summed E-state index contributed by atoms with van der Waals surface area (Å²) >= 11 is 0. The summed E-state index contributed by atoms with van der Waals surface area (Å²) < 4.78 is 0. The van der Waals surface area contributed by atoms with E-state index in [1.54, 1.807) is 0 Å². The molecular formula is C14H22N2O2. The van der Waals surface area contributed by atoms with Gasteiger partial charge in [0.05, 0.1) is 12.6 Å². The Morgan fingerprint density at radius 1 is 1.39 bits per heavy atom. The zero-order valence-electron chi connectivity index (χ0n) is 11.0. The molecule has 0 fully saturated rings. The number of para-hydroxylation sites is 1. The number of carbonyl (C=O) groups is 1. The first-order valence-electron chi connectivity index (χ1n) is 6.28. The number of hydrogen-bond acceptors (Lipinski definition) is 3. The Labute approximate surface area is 108 Å². The number of aliphatic hydroxyl groups excluding tert-OH is 1. The molecule has 0 heterocycles. The van der Waals surface area contributed by atoms with E-state index in [4.69, 9.17) is 10.8 Å². The number of rotatable bonds is 6. The van der Waals surface area contributed by atoms with Gasteiger partial charge in [0.25, 0.3) is 0 Å². The average molecular weight is 250 g/mol. The molecule has 0 unspecified atom stereocenters. The van der Waals surface area contributed by atoms with Crippen LogP contribution < -0.4 is 11.1 Å². The Hall–Kier alpha value is -1.55. The monoisotopic (exact) mass is 250 g/mol. The van der Waals surface area contributed by atoms with Gasteiger partial charge in [-0.25, -0.2) is 0 Å². The Balaban J connectivity index is 2.44. The van der Waals surface area contributed by atoms with Crippen molar-refractivity contribution >= 4 is 11.6 Å². The van der Waals surface area contributed by atoms with Gasteiger partial charge in [0.15, 0.2) is 0 Å². The molecule has 0 radical (unpaired) electrons. The molecule has 1 amide bonds. The number of hydrogen-bond donors (Lipinski definition) is 3. The number of anilines is 1. The molecule has 0 saturated carbocycles. The van der Waals surface area contributed by atoms with Gasteiger partial charge in [-0.1, -0.05) is 32.0 Å². The minimum atomic E-state index is -0.175. The summed E-state index contributed by atoms with van der Waals surface area (Å²) in [7, 11) is 0. The fourth-order valence-electron chi connectivity index (χ4n) is 1.71. The molecule has 1 atom stereocenters. The zero-order valence-corrected chi connectivity index (χ0v) is 11.0. The summed E-state index contributed by atoms with van der Waals surface area (Å²) in [5.41, 5.74) is 7.51. The molecule has 0 spiro atoms. The third-order valence-electron chi connectivity index (χ3n) is 3.02. The molecule has 4 N–H and O–H groups in total. The summed E-state index contributed by atoms with van der Waals surface area (Å²) in [6.07, 6.45) is 1.01. The van der Waals surface area contributed by atoms with Crippen molar-refractivity contribution in [2.24, 2.45) is 5.92 Å². The fraction of sp³-hybridized carbons (Fsp3) is 0.500. The minimum absolute atomic E-state index is 0.0309. The maximum absolute atomic E-state index is 11.7. The SMILES string of the molecule is CC(C)[C@@H](CO)NC(=O)CCc1ccccc1N. The average Bonchev–Trinajstić information content (AvgIpc) is 2.34. The van der Waals surface area contributed by atoms with E-state index in [9.17, 15) is 4.79 Å². The number of nitrogens with two attached hydrogens (primary N) is 1. The van der Waals surface area contributed by atoms with Crippen LogP contribution in [0.3, 0.4) is 0 Å². The molecule has 1 aromatic carbocycles. The molecule has 4 heteroatoms. The van der Waals surface area contributed by atoms with Crippen LogP contribution >= 0.6 is 0 Å². The first kappa shape index (κ1) is 14.5. The largest absolute Gasteiger partial charge is 0.399 e. The van der Waals surface area contributed by atoms with Crippen molar-refractivity contribution in [3.63, 3.8) is 0 Å². The Morgan fingerprint density at radius 2 is 2.06 bits per heavy atom. The van der Waals surface area contributed by atoms with Crippen molar-refractivity contribution in [2.45, 2.75) is 32.7 Å². The van der Waals surface area contributed by atoms with Crippen molar-refractivity contribution in [3.05, 3.63) is 29.8 Å².